The van der Waals surface area contributed by atoms with Crippen molar-refractivity contribution in [3.63, 3.8) is 0 Å². The predicted molar refractivity (Wildman–Crippen MR) is 104 cm³/mol. The van der Waals surface area contributed by atoms with Gasteiger partial charge in [0.15, 0.2) is 0 Å². The van der Waals surface area contributed by atoms with Gasteiger partial charge in [-0.3, -0.25) is 0 Å². The summed E-state index contributed by atoms with van der Waals surface area (Å²) in [5.74, 6) is -0.514. The highest BCUT2D eigenvalue weighted by atomic mass is 16.5. The van der Waals surface area contributed by atoms with Gasteiger partial charge < -0.3 is 34.7 Å². The lowest BCUT2D eigenvalue weighted by Gasteiger charge is -2.68. The van der Waals surface area contributed by atoms with Crippen LogP contribution >= 0.6 is 0 Å². The third kappa shape index (κ3) is 1.73. The summed E-state index contributed by atoms with van der Waals surface area (Å²) in [6.45, 7) is 2.54. The fourth-order valence-electron chi connectivity index (χ4n) is 10.2. The summed E-state index contributed by atoms with van der Waals surface area (Å²) in [6, 6.07) is -0.790. The van der Waals surface area contributed by atoms with Gasteiger partial charge in [-0.05, 0) is 30.6 Å². The summed E-state index contributed by atoms with van der Waals surface area (Å²) >= 11 is 0. The van der Waals surface area contributed by atoms with Crippen LogP contribution in [-0.4, -0.2) is 95.1 Å². The van der Waals surface area contributed by atoms with Crippen molar-refractivity contribution in [3.05, 3.63) is 0 Å². The zero-order valence-electron chi connectivity index (χ0n) is 18.2. The minimum absolute atomic E-state index is 0.0850. The Bertz CT molecular complexity index is 768. The average Bonchev–Trinajstić information content (AvgIpc) is 3.13. The number of piperidine rings is 1. The van der Waals surface area contributed by atoms with Gasteiger partial charge in [0.2, 0.25) is 0 Å². The summed E-state index contributed by atoms with van der Waals surface area (Å²) in [7, 11) is 4.88. The van der Waals surface area contributed by atoms with Gasteiger partial charge in [-0.15, -0.1) is 0 Å². The minimum atomic E-state index is -1.74. The zero-order valence-corrected chi connectivity index (χ0v) is 18.2. The molecule has 170 valence electrons. The Labute approximate surface area is 177 Å². The topological polar surface area (TPSA) is 112 Å². The SMILES string of the molecule is COC1C[C@@]2(O)[C@H]3C(OC)[C@@H]1C[C@H]3[C@@]13C(O)CC[C@@]4(C)CN(O)[C@@H]1[C@]2(O)C(OC)[C@H]43. The highest BCUT2D eigenvalue weighted by Gasteiger charge is 2.91. The molecular formula is C22H35NO7. The average molecular weight is 426 g/mol. The van der Waals surface area contributed by atoms with Crippen molar-refractivity contribution in [1.82, 2.24) is 5.06 Å². The molecule has 6 aliphatic rings. The number of methoxy groups -OCH3 is 3. The monoisotopic (exact) mass is 425 g/mol. The molecule has 30 heavy (non-hydrogen) atoms. The molecule has 1 saturated heterocycles. The van der Waals surface area contributed by atoms with Crippen LogP contribution in [0.1, 0.15) is 32.6 Å². The molecule has 0 amide bonds. The van der Waals surface area contributed by atoms with Crippen molar-refractivity contribution in [2.75, 3.05) is 27.9 Å². The van der Waals surface area contributed by atoms with Gasteiger partial charge in [0.25, 0.3) is 0 Å². The molecule has 8 nitrogen and oxygen atoms in total. The number of hydrogen-bond donors (Lipinski definition) is 4. The Morgan fingerprint density at radius 1 is 1.07 bits per heavy atom. The minimum Gasteiger partial charge on any atom is -0.392 e. The first-order valence-electron chi connectivity index (χ1n) is 11.3. The maximum absolute atomic E-state index is 12.5. The lowest BCUT2D eigenvalue weighted by Crippen LogP contribution is -2.81. The molecule has 13 atom stereocenters. The molecule has 1 heterocycles. The Morgan fingerprint density at radius 2 is 1.80 bits per heavy atom. The molecule has 7 bridgehead atoms. The number of hydrogen-bond acceptors (Lipinski definition) is 8. The van der Waals surface area contributed by atoms with Crippen LogP contribution in [0.4, 0.5) is 0 Å². The molecule has 0 aromatic carbocycles. The summed E-state index contributed by atoms with van der Waals surface area (Å²) < 4.78 is 17.8. The van der Waals surface area contributed by atoms with Crippen molar-refractivity contribution in [1.29, 1.82) is 0 Å². The summed E-state index contributed by atoms with van der Waals surface area (Å²) in [5, 5.41) is 49.0. The molecule has 0 radical (unpaired) electrons. The second kappa shape index (κ2) is 5.78. The van der Waals surface area contributed by atoms with Gasteiger partial charge in [-0.25, -0.2) is 0 Å². The van der Waals surface area contributed by atoms with Crippen molar-refractivity contribution >= 4 is 0 Å². The van der Waals surface area contributed by atoms with Crippen LogP contribution in [0.15, 0.2) is 0 Å². The van der Waals surface area contributed by atoms with E-state index < -0.39 is 34.9 Å². The van der Waals surface area contributed by atoms with E-state index in [-0.39, 0.29) is 47.7 Å². The number of rotatable bonds is 3. The first-order valence-corrected chi connectivity index (χ1v) is 11.3. The summed E-state index contributed by atoms with van der Waals surface area (Å²) in [5.41, 5.74) is -4.38. The third-order valence-corrected chi connectivity index (χ3v) is 10.7. The third-order valence-electron chi connectivity index (χ3n) is 10.7. The molecule has 5 aliphatic carbocycles. The van der Waals surface area contributed by atoms with Crippen molar-refractivity contribution in [2.45, 2.75) is 74.3 Å². The van der Waals surface area contributed by atoms with E-state index in [0.717, 1.165) is 12.8 Å². The molecule has 4 unspecified atom stereocenters. The number of aliphatic hydroxyl groups is 3. The van der Waals surface area contributed by atoms with E-state index in [0.29, 0.717) is 13.0 Å². The van der Waals surface area contributed by atoms with E-state index in [1.54, 1.807) is 21.3 Å². The summed E-state index contributed by atoms with van der Waals surface area (Å²) in [6.07, 6.45) is 0.464. The lowest BCUT2D eigenvalue weighted by atomic mass is 9.43. The fraction of sp³-hybridized carbons (Fsp3) is 1.00. The Hall–Kier alpha value is -0.320. The maximum atomic E-state index is 12.5. The molecule has 1 spiro atoms. The molecule has 1 aliphatic heterocycles. The smallest absolute Gasteiger partial charge is 0.138 e. The van der Waals surface area contributed by atoms with Crippen LogP contribution in [0.2, 0.25) is 0 Å². The van der Waals surface area contributed by atoms with Crippen molar-refractivity contribution in [2.24, 2.45) is 34.5 Å². The predicted octanol–water partition coefficient (Wildman–Crippen LogP) is 0.0138. The second-order valence-corrected chi connectivity index (χ2v) is 11.3. The lowest BCUT2D eigenvalue weighted by molar-refractivity contribution is -0.354. The van der Waals surface area contributed by atoms with Crippen LogP contribution < -0.4 is 0 Å². The number of hydroxylamine groups is 2. The van der Waals surface area contributed by atoms with Gasteiger partial charge >= 0.3 is 0 Å². The van der Waals surface area contributed by atoms with Crippen molar-refractivity contribution in [3.8, 4) is 0 Å². The van der Waals surface area contributed by atoms with Crippen LogP contribution in [0.5, 0.6) is 0 Å². The molecule has 0 aromatic rings. The van der Waals surface area contributed by atoms with Gasteiger partial charge in [0.1, 0.15) is 11.2 Å². The standard InChI is InChI=1S/C22H35NO7/c1-19-6-5-13(24)21-11-7-10-12(28-2)8-20(25,14(11)15(10)29-3)22(26,17(30-4)16(19)21)18(21)23(27)9-19/h10-18,24-27H,5-9H2,1-4H3/t10-,11-,12?,13?,14-,15?,16-,17?,18+,19+,20-,21+,22-/m1/s1. The summed E-state index contributed by atoms with van der Waals surface area (Å²) in [4.78, 5) is 0. The van der Waals surface area contributed by atoms with Crippen molar-refractivity contribution < 1.29 is 34.7 Å². The van der Waals surface area contributed by atoms with Gasteiger partial charge in [0.05, 0.1) is 30.5 Å². The van der Waals surface area contributed by atoms with E-state index in [2.05, 4.69) is 6.92 Å². The van der Waals surface area contributed by atoms with E-state index in [1.165, 1.54) is 5.06 Å². The van der Waals surface area contributed by atoms with Gasteiger partial charge in [-0.1, -0.05) is 6.92 Å². The molecule has 8 heteroatoms. The Balaban J connectivity index is 1.67. The maximum Gasteiger partial charge on any atom is 0.138 e. The zero-order chi connectivity index (χ0) is 21.4. The van der Waals surface area contributed by atoms with Crippen LogP contribution in [0.25, 0.3) is 0 Å². The second-order valence-electron chi connectivity index (χ2n) is 11.3. The number of fused-ring (bicyclic) bond motifs is 2. The first-order chi connectivity index (χ1) is 14.2. The largest absolute Gasteiger partial charge is 0.392 e. The van der Waals surface area contributed by atoms with E-state index >= 15 is 0 Å². The molecular weight excluding hydrogens is 390 g/mol. The molecule has 0 aromatic heterocycles. The molecule has 6 fully saturated rings. The van der Waals surface area contributed by atoms with Crippen LogP contribution in [0.3, 0.4) is 0 Å². The van der Waals surface area contributed by atoms with Gasteiger partial charge in [-0.2, -0.15) is 5.06 Å². The number of aliphatic hydroxyl groups excluding tert-OH is 1. The quantitative estimate of drug-likeness (QED) is 0.501. The molecule has 4 N–H and O–H groups in total. The Morgan fingerprint density at radius 3 is 2.43 bits per heavy atom. The van der Waals surface area contributed by atoms with E-state index in [1.807, 2.05) is 0 Å². The highest BCUT2D eigenvalue weighted by molar-refractivity contribution is 5.40. The highest BCUT2D eigenvalue weighted by Crippen LogP contribution is 2.80. The normalized spacial score (nSPS) is 65.8. The molecule has 6 rings (SSSR count). The number of ether oxygens (including phenoxy) is 3. The first kappa shape index (κ1) is 20.3. The van der Waals surface area contributed by atoms with Crippen LogP contribution in [0, 0.1) is 34.5 Å². The van der Waals surface area contributed by atoms with Crippen LogP contribution in [-0.2, 0) is 14.2 Å². The Kier molecular flexibility index (Phi) is 3.91. The van der Waals surface area contributed by atoms with E-state index in [9.17, 15) is 20.5 Å². The van der Waals surface area contributed by atoms with E-state index in [4.69, 9.17) is 14.2 Å². The fourth-order valence-corrected chi connectivity index (χ4v) is 10.2. The van der Waals surface area contributed by atoms with Gasteiger partial charge in [0, 0.05) is 57.5 Å². The molecule has 5 saturated carbocycles. The number of nitrogens with zero attached hydrogens (tertiary/aromatic N) is 1.